The summed E-state index contributed by atoms with van der Waals surface area (Å²) >= 11 is 0. The maximum atomic E-state index is 5.27. The molecule has 0 aromatic heterocycles. The van der Waals surface area contributed by atoms with Crippen molar-refractivity contribution in [1.82, 2.24) is 10.2 Å². The maximum Gasteiger partial charge on any atom is 0.118 e. The van der Waals surface area contributed by atoms with Gasteiger partial charge in [-0.05, 0) is 56.5 Å². The Labute approximate surface area is 129 Å². The minimum atomic E-state index is 0.390. The second kappa shape index (κ2) is 7.81. The summed E-state index contributed by atoms with van der Waals surface area (Å²) in [5.74, 6) is 1.76. The molecule has 2 rings (SSSR count). The van der Waals surface area contributed by atoms with E-state index in [1.165, 1.54) is 25.1 Å². The van der Waals surface area contributed by atoms with E-state index in [0.717, 1.165) is 24.6 Å². The first-order valence-electron chi connectivity index (χ1n) is 8.27. The van der Waals surface area contributed by atoms with E-state index in [-0.39, 0.29) is 0 Å². The van der Waals surface area contributed by atoms with Crippen LogP contribution in [0.3, 0.4) is 0 Å². The Morgan fingerprint density at radius 2 is 2.05 bits per heavy atom. The van der Waals surface area contributed by atoms with Gasteiger partial charge in [-0.3, -0.25) is 4.90 Å². The number of nitrogens with one attached hydrogen (secondary N) is 1. The van der Waals surface area contributed by atoms with Crippen molar-refractivity contribution in [2.24, 2.45) is 5.92 Å². The van der Waals surface area contributed by atoms with Crippen molar-refractivity contribution in [3.8, 4) is 5.75 Å². The zero-order chi connectivity index (χ0) is 15.2. The molecule has 3 unspecified atom stereocenters. The lowest BCUT2D eigenvalue weighted by Gasteiger charge is -2.33. The number of methoxy groups -OCH3 is 1. The molecule has 0 saturated carbocycles. The van der Waals surface area contributed by atoms with Crippen LogP contribution in [0.15, 0.2) is 24.3 Å². The highest BCUT2D eigenvalue weighted by atomic mass is 16.5. The summed E-state index contributed by atoms with van der Waals surface area (Å²) in [5.41, 5.74) is 1.36. The highest BCUT2D eigenvalue weighted by Crippen LogP contribution is 2.27. The second-order valence-electron chi connectivity index (χ2n) is 6.33. The van der Waals surface area contributed by atoms with Gasteiger partial charge < -0.3 is 10.1 Å². The van der Waals surface area contributed by atoms with Crippen LogP contribution in [-0.4, -0.2) is 37.7 Å². The summed E-state index contributed by atoms with van der Waals surface area (Å²) in [6.07, 6.45) is 2.49. The second-order valence-corrected chi connectivity index (χ2v) is 6.33. The molecular weight excluding hydrogens is 260 g/mol. The molecule has 1 aliphatic rings. The van der Waals surface area contributed by atoms with Crippen LogP contribution in [0.2, 0.25) is 0 Å². The number of ether oxygens (including phenoxy) is 1. The fourth-order valence-electron chi connectivity index (χ4n) is 3.23. The standard InChI is InChI=1S/C18H30N2O/c1-5-11-19-18(15(3)20-12-10-14(2)13-20)16-6-8-17(21-4)9-7-16/h6-9,14-15,18-19H,5,10-13H2,1-4H3. The zero-order valence-corrected chi connectivity index (χ0v) is 13.9. The minimum absolute atomic E-state index is 0.390. The largest absolute Gasteiger partial charge is 0.497 e. The van der Waals surface area contributed by atoms with Crippen LogP contribution in [0.5, 0.6) is 5.75 Å². The smallest absolute Gasteiger partial charge is 0.118 e. The van der Waals surface area contributed by atoms with Crippen molar-refractivity contribution in [3.05, 3.63) is 29.8 Å². The Morgan fingerprint density at radius 3 is 2.57 bits per heavy atom. The first-order chi connectivity index (χ1) is 10.2. The first-order valence-corrected chi connectivity index (χ1v) is 8.27. The monoisotopic (exact) mass is 290 g/mol. The normalized spacial score (nSPS) is 22.2. The maximum absolute atomic E-state index is 5.27. The molecule has 0 bridgehead atoms. The summed E-state index contributed by atoms with van der Waals surface area (Å²) in [6, 6.07) is 9.44. The average molecular weight is 290 g/mol. The Balaban J connectivity index is 2.12. The Morgan fingerprint density at radius 1 is 1.33 bits per heavy atom. The van der Waals surface area contributed by atoms with E-state index in [1.54, 1.807) is 7.11 Å². The molecule has 0 spiro atoms. The van der Waals surface area contributed by atoms with Crippen molar-refractivity contribution in [2.75, 3.05) is 26.7 Å². The molecule has 0 amide bonds. The lowest BCUT2D eigenvalue weighted by molar-refractivity contribution is 0.201. The third kappa shape index (κ3) is 4.21. The third-order valence-electron chi connectivity index (χ3n) is 4.60. The summed E-state index contributed by atoms with van der Waals surface area (Å²) in [6.45, 7) is 10.4. The van der Waals surface area contributed by atoms with Crippen LogP contribution in [0, 0.1) is 5.92 Å². The Bertz CT molecular complexity index is 418. The van der Waals surface area contributed by atoms with E-state index in [0.29, 0.717) is 12.1 Å². The molecule has 1 aromatic rings. The number of rotatable bonds is 7. The van der Waals surface area contributed by atoms with Gasteiger partial charge in [-0.15, -0.1) is 0 Å². The van der Waals surface area contributed by atoms with E-state index in [1.807, 2.05) is 0 Å². The molecule has 1 aliphatic heterocycles. The van der Waals surface area contributed by atoms with Crippen LogP contribution in [0.25, 0.3) is 0 Å². The van der Waals surface area contributed by atoms with Gasteiger partial charge in [0.1, 0.15) is 5.75 Å². The lowest BCUT2D eigenvalue weighted by atomic mass is 9.99. The highest BCUT2D eigenvalue weighted by molar-refractivity contribution is 5.30. The Kier molecular flexibility index (Phi) is 6.07. The van der Waals surface area contributed by atoms with Gasteiger partial charge in [0, 0.05) is 18.6 Å². The van der Waals surface area contributed by atoms with Gasteiger partial charge in [-0.1, -0.05) is 26.0 Å². The van der Waals surface area contributed by atoms with E-state index in [2.05, 4.69) is 55.3 Å². The van der Waals surface area contributed by atoms with Gasteiger partial charge in [-0.2, -0.15) is 0 Å². The summed E-state index contributed by atoms with van der Waals surface area (Å²) < 4.78 is 5.27. The van der Waals surface area contributed by atoms with Crippen molar-refractivity contribution < 1.29 is 4.74 Å². The zero-order valence-electron chi connectivity index (χ0n) is 13.9. The number of hydrogen-bond donors (Lipinski definition) is 1. The Hall–Kier alpha value is -1.06. The number of hydrogen-bond acceptors (Lipinski definition) is 3. The quantitative estimate of drug-likeness (QED) is 0.832. The van der Waals surface area contributed by atoms with E-state index in [9.17, 15) is 0 Å². The average Bonchev–Trinajstić information content (AvgIpc) is 2.94. The SMILES string of the molecule is CCCNC(c1ccc(OC)cc1)C(C)N1CCC(C)C1. The molecule has 1 aromatic carbocycles. The van der Waals surface area contributed by atoms with E-state index < -0.39 is 0 Å². The molecule has 21 heavy (non-hydrogen) atoms. The molecule has 1 heterocycles. The number of likely N-dealkylation sites (tertiary alicyclic amines) is 1. The minimum Gasteiger partial charge on any atom is -0.497 e. The molecule has 0 radical (unpaired) electrons. The number of nitrogens with zero attached hydrogens (tertiary/aromatic N) is 1. The molecule has 3 atom stereocenters. The molecule has 3 heteroatoms. The van der Waals surface area contributed by atoms with Gasteiger partial charge >= 0.3 is 0 Å². The fourth-order valence-corrected chi connectivity index (χ4v) is 3.23. The molecule has 1 N–H and O–H groups in total. The predicted octanol–water partition coefficient (Wildman–Crippen LogP) is 3.47. The van der Waals surface area contributed by atoms with Crippen molar-refractivity contribution in [2.45, 2.75) is 45.7 Å². The van der Waals surface area contributed by atoms with Crippen LogP contribution in [-0.2, 0) is 0 Å². The predicted molar refractivity (Wildman–Crippen MR) is 88.8 cm³/mol. The van der Waals surface area contributed by atoms with Crippen molar-refractivity contribution >= 4 is 0 Å². The number of benzene rings is 1. The molecule has 118 valence electrons. The molecule has 3 nitrogen and oxygen atoms in total. The third-order valence-corrected chi connectivity index (χ3v) is 4.60. The van der Waals surface area contributed by atoms with Gasteiger partial charge in [0.25, 0.3) is 0 Å². The van der Waals surface area contributed by atoms with Crippen molar-refractivity contribution in [3.63, 3.8) is 0 Å². The fraction of sp³-hybridized carbons (Fsp3) is 0.667. The van der Waals surface area contributed by atoms with Crippen LogP contribution >= 0.6 is 0 Å². The van der Waals surface area contributed by atoms with E-state index >= 15 is 0 Å². The molecule has 1 fully saturated rings. The molecule has 0 aliphatic carbocycles. The molecule has 1 saturated heterocycles. The van der Waals surface area contributed by atoms with E-state index in [4.69, 9.17) is 4.74 Å². The van der Waals surface area contributed by atoms with Gasteiger partial charge in [0.15, 0.2) is 0 Å². The van der Waals surface area contributed by atoms with Gasteiger partial charge in [0.2, 0.25) is 0 Å². The first kappa shape index (κ1) is 16.3. The van der Waals surface area contributed by atoms with Gasteiger partial charge in [0.05, 0.1) is 7.11 Å². The summed E-state index contributed by atoms with van der Waals surface area (Å²) in [4.78, 5) is 2.63. The van der Waals surface area contributed by atoms with Crippen LogP contribution in [0.1, 0.15) is 45.2 Å². The molecular formula is C18H30N2O. The summed E-state index contributed by atoms with van der Waals surface area (Å²) in [7, 11) is 1.72. The van der Waals surface area contributed by atoms with Crippen molar-refractivity contribution in [1.29, 1.82) is 0 Å². The lowest BCUT2D eigenvalue weighted by Crippen LogP contribution is -2.42. The van der Waals surface area contributed by atoms with Crippen LogP contribution in [0.4, 0.5) is 0 Å². The van der Waals surface area contributed by atoms with Crippen LogP contribution < -0.4 is 10.1 Å². The summed E-state index contributed by atoms with van der Waals surface area (Å²) in [5, 5.41) is 3.73. The topological polar surface area (TPSA) is 24.5 Å². The van der Waals surface area contributed by atoms with Gasteiger partial charge in [-0.25, -0.2) is 0 Å². The highest BCUT2D eigenvalue weighted by Gasteiger charge is 2.29.